The summed E-state index contributed by atoms with van der Waals surface area (Å²) in [5.41, 5.74) is 1.13. The SMILES string of the molecule is CCCCOc1cc(S(=O)(=O)N2CCN(c3ccccc3)CC2)ccc1Br. The van der Waals surface area contributed by atoms with Gasteiger partial charge in [0.1, 0.15) is 5.75 Å². The van der Waals surface area contributed by atoms with Gasteiger partial charge >= 0.3 is 0 Å². The number of nitrogens with zero attached hydrogens (tertiary/aromatic N) is 2. The molecule has 0 atom stereocenters. The van der Waals surface area contributed by atoms with Crippen molar-refractivity contribution in [1.82, 2.24) is 4.31 Å². The molecule has 2 aromatic rings. The number of anilines is 1. The fraction of sp³-hybridized carbons (Fsp3) is 0.400. The number of ether oxygens (including phenoxy) is 1. The molecule has 1 saturated heterocycles. The van der Waals surface area contributed by atoms with E-state index < -0.39 is 10.0 Å². The molecular formula is C20H25BrN2O3S. The van der Waals surface area contributed by atoms with E-state index in [1.807, 2.05) is 18.2 Å². The lowest BCUT2D eigenvalue weighted by atomic mass is 10.2. The minimum atomic E-state index is -3.53. The van der Waals surface area contributed by atoms with E-state index in [1.165, 1.54) is 0 Å². The van der Waals surface area contributed by atoms with Gasteiger partial charge in [0.25, 0.3) is 0 Å². The predicted octanol–water partition coefficient (Wildman–Crippen LogP) is 4.14. The molecule has 0 bridgehead atoms. The summed E-state index contributed by atoms with van der Waals surface area (Å²) >= 11 is 3.44. The highest BCUT2D eigenvalue weighted by atomic mass is 79.9. The first-order valence-corrected chi connectivity index (χ1v) is 11.5. The molecule has 1 heterocycles. The summed E-state index contributed by atoms with van der Waals surface area (Å²) in [5.74, 6) is 0.576. The van der Waals surface area contributed by atoms with Gasteiger partial charge in [0.15, 0.2) is 0 Å². The zero-order valence-corrected chi connectivity index (χ0v) is 17.9. The molecule has 3 rings (SSSR count). The lowest BCUT2D eigenvalue weighted by Gasteiger charge is -2.35. The third kappa shape index (κ3) is 4.83. The van der Waals surface area contributed by atoms with Crippen molar-refractivity contribution in [2.24, 2.45) is 0 Å². The lowest BCUT2D eigenvalue weighted by Crippen LogP contribution is -2.48. The largest absolute Gasteiger partial charge is 0.492 e. The fourth-order valence-corrected chi connectivity index (χ4v) is 4.85. The number of benzene rings is 2. The van der Waals surface area contributed by atoms with Crippen LogP contribution in [0.2, 0.25) is 0 Å². The Morgan fingerprint density at radius 2 is 1.74 bits per heavy atom. The first kappa shape index (κ1) is 20.2. The quantitative estimate of drug-likeness (QED) is 0.592. The van der Waals surface area contributed by atoms with Gasteiger partial charge in [0.2, 0.25) is 10.0 Å². The van der Waals surface area contributed by atoms with Crippen LogP contribution >= 0.6 is 15.9 Å². The van der Waals surface area contributed by atoms with E-state index in [0.717, 1.165) is 23.0 Å². The number of para-hydroxylation sites is 1. The zero-order chi connectivity index (χ0) is 19.3. The second-order valence-corrected chi connectivity index (χ2v) is 9.31. The molecule has 7 heteroatoms. The van der Waals surface area contributed by atoms with E-state index in [9.17, 15) is 8.42 Å². The number of piperazine rings is 1. The van der Waals surface area contributed by atoms with Crippen molar-refractivity contribution < 1.29 is 13.2 Å². The molecule has 5 nitrogen and oxygen atoms in total. The van der Waals surface area contributed by atoms with E-state index in [1.54, 1.807) is 22.5 Å². The Morgan fingerprint density at radius 1 is 1.04 bits per heavy atom. The summed E-state index contributed by atoms with van der Waals surface area (Å²) in [6, 6.07) is 15.1. The van der Waals surface area contributed by atoms with E-state index in [-0.39, 0.29) is 4.90 Å². The van der Waals surface area contributed by atoms with Gasteiger partial charge in [0.05, 0.1) is 16.0 Å². The molecule has 0 spiro atoms. The molecule has 0 radical (unpaired) electrons. The van der Waals surface area contributed by atoms with Crippen LogP contribution in [0.25, 0.3) is 0 Å². The van der Waals surface area contributed by atoms with Crippen LogP contribution in [0, 0.1) is 0 Å². The average Bonchev–Trinajstić information content (AvgIpc) is 2.70. The van der Waals surface area contributed by atoms with Gasteiger partial charge in [-0.3, -0.25) is 0 Å². The van der Waals surface area contributed by atoms with Gasteiger partial charge in [-0.2, -0.15) is 4.31 Å². The Bertz CT molecular complexity index is 851. The molecule has 2 aromatic carbocycles. The maximum absolute atomic E-state index is 13.1. The average molecular weight is 453 g/mol. The van der Waals surface area contributed by atoms with Crippen LogP contribution in [-0.2, 0) is 10.0 Å². The minimum absolute atomic E-state index is 0.283. The smallest absolute Gasteiger partial charge is 0.243 e. The van der Waals surface area contributed by atoms with Gasteiger partial charge in [0, 0.05) is 37.9 Å². The molecule has 0 saturated carbocycles. The summed E-state index contributed by atoms with van der Waals surface area (Å²) in [6.45, 7) is 4.97. The normalized spacial score (nSPS) is 15.7. The third-order valence-corrected chi connectivity index (χ3v) is 7.21. The molecule has 1 aliphatic rings. The minimum Gasteiger partial charge on any atom is -0.492 e. The summed E-state index contributed by atoms with van der Waals surface area (Å²) < 4.78 is 34.2. The highest BCUT2D eigenvalue weighted by Crippen LogP contribution is 2.30. The second-order valence-electron chi connectivity index (χ2n) is 6.52. The van der Waals surface area contributed by atoms with Crippen molar-refractivity contribution in [2.75, 3.05) is 37.7 Å². The highest BCUT2D eigenvalue weighted by molar-refractivity contribution is 9.10. The van der Waals surface area contributed by atoms with Crippen LogP contribution in [0.4, 0.5) is 5.69 Å². The summed E-state index contributed by atoms with van der Waals surface area (Å²) in [5, 5.41) is 0. The van der Waals surface area contributed by atoms with Crippen LogP contribution in [0.3, 0.4) is 0 Å². The summed E-state index contributed by atoms with van der Waals surface area (Å²) in [4.78, 5) is 2.50. The molecule has 0 aliphatic carbocycles. The Labute approximate surface area is 170 Å². The Hall–Kier alpha value is -1.57. The van der Waals surface area contributed by atoms with Gasteiger partial charge in [-0.25, -0.2) is 8.42 Å². The van der Waals surface area contributed by atoms with E-state index in [2.05, 4.69) is 39.9 Å². The van der Waals surface area contributed by atoms with Crippen LogP contribution in [0.5, 0.6) is 5.75 Å². The predicted molar refractivity (Wildman–Crippen MR) is 112 cm³/mol. The standard InChI is InChI=1S/C20H25BrN2O3S/c1-2-3-15-26-20-16-18(9-10-19(20)21)27(24,25)23-13-11-22(12-14-23)17-7-5-4-6-8-17/h4-10,16H,2-3,11-15H2,1H3. The highest BCUT2D eigenvalue weighted by Gasteiger charge is 2.29. The number of sulfonamides is 1. The first-order valence-electron chi connectivity index (χ1n) is 9.25. The molecule has 1 fully saturated rings. The Morgan fingerprint density at radius 3 is 2.41 bits per heavy atom. The number of halogens is 1. The Kier molecular flexibility index (Phi) is 6.78. The van der Waals surface area contributed by atoms with Crippen LogP contribution in [-0.4, -0.2) is 45.5 Å². The number of hydrogen-bond donors (Lipinski definition) is 0. The first-order chi connectivity index (χ1) is 13.0. The molecule has 27 heavy (non-hydrogen) atoms. The number of rotatable bonds is 7. The van der Waals surface area contributed by atoms with E-state index in [4.69, 9.17) is 4.74 Å². The van der Waals surface area contributed by atoms with Crippen LogP contribution < -0.4 is 9.64 Å². The lowest BCUT2D eigenvalue weighted by molar-refractivity contribution is 0.306. The maximum atomic E-state index is 13.1. The van der Waals surface area contributed by atoms with Crippen molar-refractivity contribution >= 4 is 31.6 Å². The maximum Gasteiger partial charge on any atom is 0.243 e. The number of unbranched alkanes of at least 4 members (excludes halogenated alkanes) is 1. The van der Waals surface area contributed by atoms with Gasteiger partial charge in [-0.05, 0) is 46.6 Å². The molecule has 0 N–H and O–H groups in total. The van der Waals surface area contributed by atoms with E-state index in [0.29, 0.717) is 38.5 Å². The van der Waals surface area contributed by atoms with Crippen molar-refractivity contribution in [2.45, 2.75) is 24.7 Å². The van der Waals surface area contributed by atoms with Gasteiger partial charge < -0.3 is 9.64 Å². The molecule has 0 unspecified atom stereocenters. The van der Waals surface area contributed by atoms with Crippen molar-refractivity contribution in [3.63, 3.8) is 0 Å². The van der Waals surface area contributed by atoms with Gasteiger partial charge in [-0.15, -0.1) is 0 Å². The van der Waals surface area contributed by atoms with Gasteiger partial charge in [-0.1, -0.05) is 31.5 Å². The van der Waals surface area contributed by atoms with Crippen molar-refractivity contribution in [3.05, 3.63) is 53.0 Å². The summed E-state index contributed by atoms with van der Waals surface area (Å²) in [6.07, 6.45) is 1.96. The molecule has 0 aromatic heterocycles. The Balaban J connectivity index is 1.70. The fourth-order valence-electron chi connectivity index (χ4n) is 3.06. The monoisotopic (exact) mass is 452 g/mol. The third-order valence-electron chi connectivity index (χ3n) is 4.66. The van der Waals surface area contributed by atoms with Crippen LogP contribution in [0.1, 0.15) is 19.8 Å². The summed E-state index contributed by atoms with van der Waals surface area (Å²) in [7, 11) is -3.53. The van der Waals surface area contributed by atoms with Crippen LogP contribution in [0.15, 0.2) is 57.9 Å². The van der Waals surface area contributed by atoms with Crippen molar-refractivity contribution in [3.8, 4) is 5.75 Å². The topological polar surface area (TPSA) is 49.9 Å². The number of hydrogen-bond acceptors (Lipinski definition) is 4. The van der Waals surface area contributed by atoms with E-state index >= 15 is 0 Å². The molecule has 0 amide bonds. The zero-order valence-electron chi connectivity index (χ0n) is 15.5. The molecular weight excluding hydrogens is 428 g/mol. The van der Waals surface area contributed by atoms with Crippen molar-refractivity contribution in [1.29, 1.82) is 0 Å². The molecule has 1 aliphatic heterocycles. The molecule has 146 valence electrons. The second kappa shape index (κ2) is 9.08.